The molecule has 1 heterocycles. The van der Waals surface area contributed by atoms with Crippen molar-refractivity contribution in [3.8, 4) is 5.75 Å². The quantitative estimate of drug-likeness (QED) is 0.597. The lowest BCUT2D eigenvalue weighted by Gasteiger charge is -2.16. The molecule has 27 heavy (non-hydrogen) atoms. The van der Waals surface area contributed by atoms with Gasteiger partial charge in [-0.25, -0.2) is 0 Å². The first-order valence-electron chi connectivity index (χ1n) is 9.57. The summed E-state index contributed by atoms with van der Waals surface area (Å²) in [6, 6.07) is 14.5. The van der Waals surface area contributed by atoms with Crippen LogP contribution in [0.25, 0.3) is 0 Å². The zero-order chi connectivity index (χ0) is 19.1. The number of nitrogens with one attached hydrogen (secondary N) is 1. The van der Waals surface area contributed by atoms with E-state index in [2.05, 4.69) is 58.5 Å². The molecule has 0 radical (unpaired) electrons. The van der Waals surface area contributed by atoms with Crippen LogP contribution in [0, 0.1) is 6.92 Å². The Balaban J connectivity index is 1.48. The van der Waals surface area contributed by atoms with Crippen molar-refractivity contribution in [2.24, 2.45) is 0 Å². The molecule has 0 aliphatic carbocycles. The number of likely N-dealkylation sites (tertiary alicyclic amines) is 1. The minimum atomic E-state index is 0.300. The van der Waals surface area contributed by atoms with Gasteiger partial charge in [0.05, 0.1) is 0 Å². The van der Waals surface area contributed by atoms with Gasteiger partial charge in [0.15, 0.2) is 0 Å². The van der Waals surface area contributed by atoms with E-state index in [-0.39, 0.29) is 0 Å². The maximum absolute atomic E-state index is 11.6. The second-order valence-corrected chi connectivity index (χ2v) is 7.96. The molecule has 2 aromatic rings. The number of carbonyl (C=O) groups is 1. The van der Waals surface area contributed by atoms with Gasteiger partial charge in [-0.1, -0.05) is 45.8 Å². The van der Waals surface area contributed by atoms with Crippen LogP contribution in [0.4, 0.5) is 0 Å². The highest BCUT2D eigenvalue weighted by atomic mass is 79.9. The summed E-state index contributed by atoms with van der Waals surface area (Å²) < 4.78 is 7.12. The highest BCUT2D eigenvalue weighted by Gasteiger charge is 2.18. The van der Waals surface area contributed by atoms with Crippen LogP contribution < -0.4 is 10.1 Å². The summed E-state index contributed by atoms with van der Waals surface area (Å²) in [7, 11) is 0. The second kappa shape index (κ2) is 9.90. The molecule has 3 rings (SSSR count). The zero-order valence-electron chi connectivity index (χ0n) is 15.8. The summed E-state index contributed by atoms with van der Waals surface area (Å²) in [6.07, 6.45) is 2.69. The first kappa shape index (κ1) is 19.9. The number of hydrogen-bond donors (Lipinski definition) is 1. The second-order valence-electron chi connectivity index (χ2n) is 7.04. The molecule has 0 aromatic heterocycles. The minimum Gasteiger partial charge on any atom is -0.489 e. The predicted octanol–water partition coefficient (Wildman–Crippen LogP) is 4.44. The number of carbonyl (C=O) groups excluding carboxylic acids is 1. The van der Waals surface area contributed by atoms with Gasteiger partial charge in [0, 0.05) is 36.1 Å². The van der Waals surface area contributed by atoms with Crippen molar-refractivity contribution in [3.05, 3.63) is 63.6 Å². The third-order valence-corrected chi connectivity index (χ3v) is 5.26. The van der Waals surface area contributed by atoms with E-state index in [4.69, 9.17) is 4.74 Å². The molecule has 1 aliphatic rings. The normalized spacial score (nSPS) is 14.0. The molecule has 4 nitrogen and oxygen atoms in total. The van der Waals surface area contributed by atoms with Crippen LogP contribution in [0.1, 0.15) is 36.0 Å². The summed E-state index contributed by atoms with van der Waals surface area (Å²) in [4.78, 5) is 13.6. The Morgan fingerprint density at radius 1 is 1.22 bits per heavy atom. The van der Waals surface area contributed by atoms with Gasteiger partial charge in [-0.05, 0) is 50.1 Å². The molecule has 0 atom stereocenters. The van der Waals surface area contributed by atoms with Crippen LogP contribution in [-0.4, -0.2) is 30.4 Å². The summed E-state index contributed by atoms with van der Waals surface area (Å²) in [6.45, 7) is 6.05. The lowest BCUT2D eigenvalue weighted by molar-refractivity contribution is -0.127. The lowest BCUT2D eigenvalue weighted by atomic mass is 10.1. The van der Waals surface area contributed by atoms with Crippen LogP contribution >= 0.6 is 15.9 Å². The highest BCUT2D eigenvalue weighted by molar-refractivity contribution is 9.10. The number of rotatable bonds is 9. The Kier molecular flexibility index (Phi) is 7.30. The average Bonchev–Trinajstić information content (AvgIpc) is 3.06. The van der Waals surface area contributed by atoms with Gasteiger partial charge in [-0.2, -0.15) is 0 Å². The summed E-state index contributed by atoms with van der Waals surface area (Å²) in [5.74, 6) is 1.20. The van der Waals surface area contributed by atoms with Gasteiger partial charge in [0.2, 0.25) is 5.91 Å². The number of nitrogens with zero attached hydrogens (tertiary/aromatic N) is 1. The van der Waals surface area contributed by atoms with E-state index in [9.17, 15) is 4.79 Å². The molecule has 0 spiro atoms. The van der Waals surface area contributed by atoms with Crippen molar-refractivity contribution in [2.75, 3.05) is 19.6 Å². The number of hydrogen-bond acceptors (Lipinski definition) is 3. The number of benzene rings is 2. The number of ether oxygens (including phenoxy) is 1. The standard InChI is InChI=1S/C22H27BrN2O2/c1-17-5-2-6-18(13-17)16-27-21-9-8-20(23)14-19(21)15-24-10-4-12-25-11-3-7-22(25)26/h2,5-6,8-9,13-14,24H,3-4,7,10-12,15-16H2,1H3. The van der Waals surface area contributed by atoms with E-state index < -0.39 is 0 Å². The van der Waals surface area contributed by atoms with E-state index >= 15 is 0 Å². The number of halogens is 1. The first-order valence-corrected chi connectivity index (χ1v) is 10.4. The third kappa shape index (κ3) is 6.08. The van der Waals surface area contributed by atoms with Crippen molar-refractivity contribution < 1.29 is 9.53 Å². The smallest absolute Gasteiger partial charge is 0.222 e. The molecule has 1 N–H and O–H groups in total. The minimum absolute atomic E-state index is 0.300. The predicted molar refractivity (Wildman–Crippen MR) is 112 cm³/mol. The van der Waals surface area contributed by atoms with E-state index in [0.717, 1.165) is 54.8 Å². The molecular formula is C22H27BrN2O2. The van der Waals surface area contributed by atoms with E-state index in [0.29, 0.717) is 18.9 Å². The molecular weight excluding hydrogens is 404 g/mol. The third-order valence-electron chi connectivity index (χ3n) is 4.77. The molecule has 2 aromatic carbocycles. The van der Waals surface area contributed by atoms with Crippen molar-refractivity contribution in [1.29, 1.82) is 0 Å². The molecule has 144 valence electrons. The molecule has 1 saturated heterocycles. The zero-order valence-corrected chi connectivity index (χ0v) is 17.4. The summed E-state index contributed by atoms with van der Waals surface area (Å²) in [5.41, 5.74) is 3.55. The van der Waals surface area contributed by atoms with Gasteiger partial charge in [-0.15, -0.1) is 0 Å². The maximum Gasteiger partial charge on any atom is 0.222 e. The molecule has 1 amide bonds. The SMILES string of the molecule is Cc1cccc(COc2ccc(Br)cc2CNCCCN2CCCC2=O)c1. The average molecular weight is 431 g/mol. The van der Waals surface area contributed by atoms with Gasteiger partial charge in [0.25, 0.3) is 0 Å². The maximum atomic E-state index is 11.6. The number of aryl methyl sites for hydroxylation is 1. The van der Waals surface area contributed by atoms with E-state index in [1.165, 1.54) is 11.1 Å². The highest BCUT2D eigenvalue weighted by Crippen LogP contribution is 2.24. The van der Waals surface area contributed by atoms with Crippen LogP contribution in [0.3, 0.4) is 0 Å². The molecule has 1 fully saturated rings. The lowest BCUT2D eigenvalue weighted by Crippen LogP contribution is -2.28. The summed E-state index contributed by atoms with van der Waals surface area (Å²) >= 11 is 3.55. The van der Waals surface area contributed by atoms with Gasteiger partial charge in [0.1, 0.15) is 12.4 Å². The van der Waals surface area contributed by atoms with E-state index in [1.54, 1.807) is 0 Å². The van der Waals surface area contributed by atoms with Crippen LogP contribution in [0.5, 0.6) is 5.75 Å². The number of amides is 1. The first-order chi connectivity index (χ1) is 13.1. The van der Waals surface area contributed by atoms with Crippen molar-refractivity contribution in [1.82, 2.24) is 10.2 Å². The van der Waals surface area contributed by atoms with Crippen molar-refractivity contribution >= 4 is 21.8 Å². The van der Waals surface area contributed by atoms with Crippen molar-refractivity contribution in [2.45, 2.75) is 39.3 Å². The Hall–Kier alpha value is -1.85. The Labute approximate surface area is 170 Å². The summed E-state index contributed by atoms with van der Waals surface area (Å²) in [5, 5.41) is 3.48. The van der Waals surface area contributed by atoms with Gasteiger partial charge in [-0.3, -0.25) is 4.79 Å². The molecule has 0 bridgehead atoms. The Morgan fingerprint density at radius 2 is 2.11 bits per heavy atom. The fraction of sp³-hybridized carbons (Fsp3) is 0.409. The topological polar surface area (TPSA) is 41.6 Å². The van der Waals surface area contributed by atoms with Gasteiger partial charge >= 0.3 is 0 Å². The Morgan fingerprint density at radius 3 is 2.89 bits per heavy atom. The molecule has 0 unspecified atom stereocenters. The van der Waals surface area contributed by atoms with Crippen LogP contribution in [-0.2, 0) is 17.9 Å². The van der Waals surface area contributed by atoms with Crippen LogP contribution in [0.2, 0.25) is 0 Å². The van der Waals surface area contributed by atoms with Crippen molar-refractivity contribution in [3.63, 3.8) is 0 Å². The van der Waals surface area contributed by atoms with Crippen LogP contribution in [0.15, 0.2) is 46.9 Å². The molecule has 0 saturated carbocycles. The monoisotopic (exact) mass is 430 g/mol. The van der Waals surface area contributed by atoms with Gasteiger partial charge < -0.3 is 15.0 Å². The Bertz CT molecular complexity index is 779. The fourth-order valence-electron chi connectivity index (χ4n) is 3.35. The molecule has 1 aliphatic heterocycles. The molecule has 5 heteroatoms. The van der Waals surface area contributed by atoms with E-state index in [1.807, 2.05) is 17.0 Å². The fourth-order valence-corrected chi connectivity index (χ4v) is 3.76. The largest absolute Gasteiger partial charge is 0.489 e.